The molecule has 0 aromatic heterocycles. The summed E-state index contributed by atoms with van der Waals surface area (Å²) in [5, 5.41) is 8.98. The summed E-state index contributed by atoms with van der Waals surface area (Å²) in [6.45, 7) is 1.88. The molecule has 2 rings (SSSR count). The van der Waals surface area contributed by atoms with Crippen LogP contribution in [0.4, 0.5) is 13.2 Å². The van der Waals surface area contributed by atoms with Gasteiger partial charge in [-0.05, 0) is 24.1 Å². The predicted molar refractivity (Wildman–Crippen MR) is 74.8 cm³/mol. The van der Waals surface area contributed by atoms with Crippen LogP contribution in [0.5, 0.6) is 0 Å². The van der Waals surface area contributed by atoms with E-state index in [1.807, 2.05) is 25.1 Å². The van der Waals surface area contributed by atoms with Gasteiger partial charge in [-0.25, -0.2) is 0 Å². The number of carboxylic acid groups (broad SMARTS) is 1. The monoisotopic (exact) mass is 365 g/mol. The van der Waals surface area contributed by atoms with Crippen LogP contribution in [-0.2, 0) is 11.3 Å². The van der Waals surface area contributed by atoms with Crippen LogP contribution >= 0.6 is 15.9 Å². The van der Waals surface area contributed by atoms with Crippen molar-refractivity contribution < 1.29 is 23.1 Å². The molecule has 1 N–H and O–H groups in total. The molecule has 0 amide bonds. The zero-order chi connectivity index (χ0) is 15.8. The van der Waals surface area contributed by atoms with Crippen LogP contribution in [0.25, 0.3) is 0 Å². The van der Waals surface area contributed by atoms with E-state index < -0.39 is 24.0 Å². The smallest absolute Gasteiger partial charge is 0.393 e. The number of hydrogen-bond donors (Lipinski definition) is 1. The minimum Gasteiger partial charge on any atom is -0.481 e. The zero-order valence-electron chi connectivity index (χ0n) is 11.3. The molecular weight excluding hydrogens is 351 g/mol. The Morgan fingerprint density at radius 1 is 1.43 bits per heavy atom. The van der Waals surface area contributed by atoms with Gasteiger partial charge in [0.2, 0.25) is 0 Å². The summed E-state index contributed by atoms with van der Waals surface area (Å²) in [5.74, 6) is -4.57. The highest BCUT2D eigenvalue weighted by atomic mass is 79.9. The van der Waals surface area contributed by atoms with Crippen molar-refractivity contribution in [3.05, 3.63) is 33.8 Å². The second kappa shape index (κ2) is 5.96. The lowest BCUT2D eigenvalue weighted by Gasteiger charge is -2.18. The number of hydrogen-bond acceptors (Lipinski definition) is 2. The first-order valence-electron chi connectivity index (χ1n) is 6.45. The maximum atomic E-state index is 12.9. The molecule has 21 heavy (non-hydrogen) atoms. The lowest BCUT2D eigenvalue weighted by atomic mass is 9.96. The number of rotatable bonds is 3. The average Bonchev–Trinajstić information content (AvgIpc) is 2.78. The van der Waals surface area contributed by atoms with Crippen molar-refractivity contribution in [1.29, 1.82) is 0 Å². The summed E-state index contributed by atoms with van der Waals surface area (Å²) in [4.78, 5) is 12.6. The van der Waals surface area contributed by atoms with E-state index in [0.29, 0.717) is 6.54 Å². The lowest BCUT2D eigenvalue weighted by Crippen LogP contribution is -2.33. The van der Waals surface area contributed by atoms with Gasteiger partial charge in [0.15, 0.2) is 0 Å². The van der Waals surface area contributed by atoms with E-state index in [1.165, 1.54) is 0 Å². The van der Waals surface area contributed by atoms with Crippen molar-refractivity contribution in [2.75, 3.05) is 13.1 Å². The second-order valence-electron chi connectivity index (χ2n) is 5.37. The number of likely N-dealkylation sites (tertiary alicyclic amines) is 1. The van der Waals surface area contributed by atoms with Crippen molar-refractivity contribution in [2.45, 2.75) is 19.6 Å². The molecule has 1 aliphatic heterocycles. The van der Waals surface area contributed by atoms with Gasteiger partial charge in [-0.15, -0.1) is 0 Å². The Morgan fingerprint density at radius 3 is 2.57 bits per heavy atom. The maximum Gasteiger partial charge on any atom is 0.393 e. The number of halogens is 4. The lowest BCUT2D eigenvalue weighted by molar-refractivity contribution is -0.188. The second-order valence-corrected chi connectivity index (χ2v) is 6.22. The summed E-state index contributed by atoms with van der Waals surface area (Å²) < 4.78 is 39.6. The number of aryl methyl sites for hydroxylation is 1. The molecule has 1 heterocycles. The minimum atomic E-state index is -4.48. The largest absolute Gasteiger partial charge is 0.481 e. The van der Waals surface area contributed by atoms with Gasteiger partial charge in [0.25, 0.3) is 0 Å². The van der Waals surface area contributed by atoms with Gasteiger partial charge in [-0.3, -0.25) is 9.69 Å². The standard InChI is InChI=1S/C14H15BrF3NO2/c1-8-4-9(2-3-12(8)15)5-19-6-10(13(20)21)11(7-19)14(16,17)18/h2-4,10-11H,5-7H2,1H3,(H,20,21)/t10-,11-/m1/s1. The fraction of sp³-hybridized carbons (Fsp3) is 0.500. The number of carboxylic acids is 1. The molecule has 116 valence electrons. The average molecular weight is 366 g/mol. The molecule has 0 radical (unpaired) electrons. The van der Waals surface area contributed by atoms with E-state index in [4.69, 9.17) is 5.11 Å². The molecule has 2 atom stereocenters. The fourth-order valence-corrected chi connectivity index (χ4v) is 2.91. The van der Waals surface area contributed by atoms with Crippen molar-refractivity contribution >= 4 is 21.9 Å². The van der Waals surface area contributed by atoms with Crippen LogP contribution in [-0.4, -0.2) is 35.2 Å². The molecule has 7 heteroatoms. The Balaban J connectivity index is 2.12. The molecule has 1 fully saturated rings. The summed E-state index contributed by atoms with van der Waals surface area (Å²) >= 11 is 3.37. The van der Waals surface area contributed by atoms with Crippen LogP contribution in [0.15, 0.2) is 22.7 Å². The number of nitrogens with zero attached hydrogens (tertiary/aromatic N) is 1. The van der Waals surface area contributed by atoms with E-state index in [1.54, 1.807) is 4.90 Å². The summed E-state index contributed by atoms with van der Waals surface area (Å²) in [6.07, 6.45) is -4.48. The molecule has 3 nitrogen and oxygen atoms in total. The molecule has 0 bridgehead atoms. The number of carbonyl (C=O) groups is 1. The van der Waals surface area contributed by atoms with Gasteiger partial charge in [-0.2, -0.15) is 13.2 Å². The Morgan fingerprint density at radius 2 is 2.10 bits per heavy atom. The van der Waals surface area contributed by atoms with Crippen LogP contribution in [0.2, 0.25) is 0 Å². The summed E-state index contributed by atoms with van der Waals surface area (Å²) in [6, 6.07) is 5.56. The molecular formula is C14H15BrF3NO2. The Hall–Kier alpha value is -1.08. The molecule has 0 aliphatic carbocycles. The fourth-order valence-electron chi connectivity index (χ4n) is 2.66. The van der Waals surface area contributed by atoms with E-state index in [9.17, 15) is 18.0 Å². The van der Waals surface area contributed by atoms with Gasteiger partial charge < -0.3 is 5.11 Å². The Kier molecular flexibility index (Phi) is 4.63. The maximum absolute atomic E-state index is 12.9. The van der Waals surface area contributed by atoms with E-state index in [2.05, 4.69) is 15.9 Å². The Labute approximate surface area is 128 Å². The van der Waals surface area contributed by atoms with Crippen molar-refractivity contribution in [3.63, 3.8) is 0 Å². The third kappa shape index (κ3) is 3.77. The quantitative estimate of drug-likeness (QED) is 0.891. The number of benzene rings is 1. The minimum absolute atomic E-state index is 0.0748. The summed E-state index contributed by atoms with van der Waals surface area (Å²) in [7, 11) is 0. The van der Waals surface area contributed by atoms with Crippen molar-refractivity contribution in [3.8, 4) is 0 Å². The highest BCUT2D eigenvalue weighted by Gasteiger charge is 2.52. The van der Waals surface area contributed by atoms with E-state index in [-0.39, 0.29) is 13.1 Å². The first-order valence-corrected chi connectivity index (χ1v) is 7.24. The number of aliphatic carboxylic acids is 1. The van der Waals surface area contributed by atoms with Gasteiger partial charge in [0.05, 0.1) is 11.8 Å². The molecule has 0 spiro atoms. The highest BCUT2D eigenvalue weighted by molar-refractivity contribution is 9.10. The topological polar surface area (TPSA) is 40.5 Å². The molecule has 0 saturated carbocycles. The van der Waals surface area contributed by atoms with Crippen LogP contribution < -0.4 is 0 Å². The molecule has 1 aliphatic rings. The number of alkyl halides is 3. The van der Waals surface area contributed by atoms with Gasteiger partial charge in [0.1, 0.15) is 0 Å². The Bertz CT molecular complexity index is 548. The highest BCUT2D eigenvalue weighted by Crippen LogP contribution is 2.38. The molecule has 1 aromatic carbocycles. The summed E-state index contributed by atoms with van der Waals surface area (Å²) in [5.41, 5.74) is 1.87. The van der Waals surface area contributed by atoms with Crippen LogP contribution in [0.1, 0.15) is 11.1 Å². The van der Waals surface area contributed by atoms with Gasteiger partial charge in [-0.1, -0.05) is 28.1 Å². The van der Waals surface area contributed by atoms with Gasteiger partial charge in [0, 0.05) is 24.1 Å². The SMILES string of the molecule is Cc1cc(CN2C[C@@H](C(F)(F)F)[C@H](C(=O)O)C2)ccc1Br. The molecule has 1 aromatic rings. The molecule has 0 unspecified atom stereocenters. The van der Waals surface area contributed by atoms with Crippen molar-refractivity contribution in [1.82, 2.24) is 4.90 Å². The van der Waals surface area contributed by atoms with Gasteiger partial charge >= 0.3 is 12.1 Å². The first-order chi connectivity index (χ1) is 9.68. The predicted octanol–water partition coefficient (Wildman–Crippen LogP) is 3.45. The van der Waals surface area contributed by atoms with Crippen LogP contribution in [0, 0.1) is 18.8 Å². The van der Waals surface area contributed by atoms with Crippen molar-refractivity contribution in [2.24, 2.45) is 11.8 Å². The zero-order valence-corrected chi connectivity index (χ0v) is 12.9. The molecule has 1 saturated heterocycles. The van der Waals surface area contributed by atoms with E-state index >= 15 is 0 Å². The first kappa shape index (κ1) is 16.3. The third-order valence-corrected chi connectivity index (χ3v) is 4.65. The third-order valence-electron chi connectivity index (χ3n) is 3.76. The van der Waals surface area contributed by atoms with E-state index in [0.717, 1.165) is 15.6 Å². The van der Waals surface area contributed by atoms with Crippen LogP contribution in [0.3, 0.4) is 0 Å². The normalized spacial score (nSPS) is 23.5.